The Hall–Kier alpha value is -2.45. The van der Waals surface area contributed by atoms with Crippen LogP contribution in [0.1, 0.15) is 12.6 Å². The average molecular weight is 587 g/mol. The number of urea groups is 1. The SMILES string of the molecule is CCOC(=O)/C(=C1\SC(=S)N(CC(=O)[O-])C1=O)c1csc(NC(=O)Nc2ccccc2)n1.O.O.O.O.[Na+]. The molecular formula is C19H23N4NaO10S3. The summed E-state index contributed by atoms with van der Waals surface area (Å²) in [6, 6.07) is 8.21. The van der Waals surface area contributed by atoms with Crippen molar-refractivity contribution in [3.05, 3.63) is 46.3 Å². The second kappa shape index (κ2) is 17.9. The summed E-state index contributed by atoms with van der Waals surface area (Å²) in [5.41, 5.74) is 0.487. The molecule has 0 aliphatic carbocycles. The van der Waals surface area contributed by atoms with Crippen LogP contribution in [-0.2, 0) is 19.1 Å². The molecule has 0 saturated carbocycles. The van der Waals surface area contributed by atoms with Gasteiger partial charge in [0.25, 0.3) is 5.91 Å². The van der Waals surface area contributed by atoms with Gasteiger partial charge in [0, 0.05) is 11.1 Å². The molecule has 0 unspecified atom stereocenters. The van der Waals surface area contributed by atoms with Gasteiger partial charge in [-0.15, -0.1) is 11.3 Å². The number of thiocarbonyl (C=S) groups is 1. The number of nitrogens with one attached hydrogen (secondary N) is 2. The number of carbonyl (C=O) groups is 4. The Morgan fingerprint density at radius 3 is 2.30 bits per heavy atom. The topological polar surface area (TPSA) is 267 Å². The number of nitrogens with zero attached hydrogens (tertiary/aromatic N) is 2. The number of aromatic nitrogens is 1. The smallest absolute Gasteiger partial charge is 0.548 e. The quantitative estimate of drug-likeness (QED) is 0.136. The molecule has 18 heteroatoms. The van der Waals surface area contributed by atoms with E-state index in [0.29, 0.717) is 5.69 Å². The molecule has 3 amide bonds. The summed E-state index contributed by atoms with van der Waals surface area (Å²) in [5, 5.41) is 17.7. The molecule has 1 aliphatic heterocycles. The Balaban J connectivity index is -0.00000231. The molecule has 0 radical (unpaired) electrons. The van der Waals surface area contributed by atoms with E-state index in [9.17, 15) is 24.3 Å². The minimum absolute atomic E-state index is 0. The molecule has 2 aromatic rings. The van der Waals surface area contributed by atoms with E-state index in [1.165, 1.54) is 5.38 Å². The van der Waals surface area contributed by atoms with E-state index in [1.807, 2.05) is 6.07 Å². The van der Waals surface area contributed by atoms with Crippen LogP contribution in [0.5, 0.6) is 0 Å². The van der Waals surface area contributed by atoms with Gasteiger partial charge < -0.3 is 41.9 Å². The number of para-hydroxylation sites is 1. The zero-order chi connectivity index (χ0) is 23.3. The molecule has 2 heterocycles. The number of hydrogen-bond acceptors (Lipinski definition) is 10. The van der Waals surface area contributed by atoms with Crippen molar-refractivity contribution >= 4 is 79.9 Å². The predicted molar refractivity (Wildman–Crippen MR) is 136 cm³/mol. The number of rotatable bonds is 7. The molecule has 0 spiro atoms. The van der Waals surface area contributed by atoms with Crippen molar-refractivity contribution in [3.8, 4) is 0 Å². The first kappa shape index (κ1) is 39.1. The minimum atomic E-state index is -1.50. The van der Waals surface area contributed by atoms with E-state index in [0.717, 1.165) is 28.0 Å². The second-order valence-corrected chi connectivity index (χ2v) is 8.54. The Labute approximate surface area is 246 Å². The van der Waals surface area contributed by atoms with Crippen LogP contribution < -0.4 is 45.3 Å². The number of amides is 3. The third kappa shape index (κ3) is 10.1. The van der Waals surface area contributed by atoms with E-state index in [-0.39, 0.29) is 83.7 Å². The number of aliphatic carboxylic acids is 1. The van der Waals surface area contributed by atoms with Crippen molar-refractivity contribution in [1.29, 1.82) is 0 Å². The molecule has 1 aromatic heterocycles. The Morgan fingerprint density at radius 1 is 1.11 bits per heavy atom. The fourth-order valence-electron chi connectivity index (χ4n) is 2.56. The Kier molecular flexibility index (Phi) is 18.9. The van der Waals surface area contributed by atoms with Gasteiger partial charge in [0.15, 0.2) is 5.13 Å². The first-order chi connectivity index (χ1) is 15.3. The molecule has 1 fully saturated rings. The zero-order valence-electron chi connectivity index (χ0n) is 19.4. The van der Waals surface area contributed by atoms with Crippen molar-refractivity contribution in [1.82, 2.24) is 9.88 Å². The van der Waals surface area contributed by atoms with Crippen LogP contribution >= 0.6 is 35.3 Å². The number of carboxylic acid groups (broad SMARTS) is 1. The molecule has 1 aliphatic rings. The van der Waals surface area contributed by atoms with Crippen LogP contribution in [0.3, 0.4) is 0 Å². The van der Waals surface area contributed by atoms with E-state index < -0.39 is 30.4 Å². The third-order valence-electron chi connectivity index (χ3n) is 3.86. The van der Waals surface area contributed by atoms with E-state index in [2.05, 4.69) is 15.6 Å². The summed E-state index contributed by atoms with van der Waals surface area (Å²) in [7, 11) is 0. The van der Waals surface area contributed by atoms with Gasteiger partial charge in [-0.25, -0.2) is 14.6 Å². The first-order valence-corrected chi connectivity index (χ1v) is 11.1. The summed E-state index contributed by atoms with van der Waals surface area (Å²) in [6.45, 7) is 0.892. The third-order valence-corrected chi connectivity index (χ3v) is 6.06. The van der Waals surface area contributed by atoms with Crippen LogP contribution in [-0.4, -0.2) is 73.1 Å². The molecule has 10 N–H and O–H groups in total. The summed E-state index contributed by atoms with van der Waals surface area (Å²) >= 11 is 6.86. The molecule has 198 valence electrons. The first-order valence-electron chi connectivity index (χ1n) is 9.04. The predicted octanol–water partition coefficient (Wildman–Crippen LogP) is -4.62. The van der Waals surface area contributed by atoms with E-state index in [4.69, 9.17) is 17.0 Å². The van der Waals surface area contributed by atoms with Crippen LogP contribution in [0.4, 0.5) is 15.6 Å². The summed E-state index contributed by atoms with van der Waals surface area (Å²) < 4.78 is 5.02. The molecule has 0 bridgehead atoms. The number of thiazole rings is 1. The van der Waals surface area contributed by atoms with Crippen LogP contribution in [0.2, 0.25) is 0 Å². The summed E-state index contributed by atoms with van der Waals surface area (Å²) in [6.07, 6.45) is 0. The summed E-state index contributed by atoms with van der Waals surface area (Å²) in [4.78, 5) is 53.4. The minimum Gasteiger partial charge on any atom is -0.548 e. The number of esters is 1. The summed E-state index contributed by atoms with van der Waals surface area (Å²) in [5.74, 6) is -3.09. The maximum absolute atomic E-state index is 12.7. The normalized spacial score (nSPS) is 12.8. The molecule has 3 rings (SSSR count). The van der Waals surface area contributed by atoms with Crippen molar-refractivity contribution in [2.75, 3.05) is 23.8 Å². The number of carboxylic acids is 1. The van der Waals surface area contributed by atoms with Crippen molar-refractivity contribution in [2.45, 2.75) is 6.92 Å². The molecule has 1 saturated heterocycles. The molecule has 14 nitrogen and oxygen atoms in total. The van der Waals surface area contributed by atoms with E-state index in [1.54, 1.807) is 31.2 Å². The Morgan fingerprint density at radius 2 is 1.73 bits per heavy atom. The van der Waals surface area contributed by atoms with Gasteiger partial charge in [-0.3, -0.25) is 15.0 Å². The molecule has 1 aromatic carbocycles. The van der Waals surface area contributed by atoms with Crippen LogP contribution in [0, 0.1) is 0 Å². The fraction of sp³-hybridized carbons (Fsp3) is 0.158. The zero-order valence-corrected chi connectivity index (χ0v) is 23.9. The van der Waals surface area contributed by atoms with Crippen LogP contribution in [0.15, 0.2) is 40.6 Å². The van der Waals surface area contributed by atoms with Gasteiger partial charge in [-0.2, -0.15) is 0 Å². The standard InChI is InChI=1S/C19H16N4O6S3.Na.4H2O/c1-2-29-16(27)13(14-15(26)23(8-12(24)25)19(30)32-14)11-9-31-18(21-11)22-17(28)20-10-6-4-3-5-7-10;;;;;/h3-7,9H,2,8H2,1H3,(H,24,25)(H2,20,21,22,28);;4*1H2/q;+1;;;;/p-1/b14-13-;;;;;. The fourth-order valence-corrected chi connectivity index (χ4v) is 4.57. The van der Waals surface area contributed by atoms with Crippen LogP contribution in [0.25, 0.3) is 5.57 Å². The maximum Gasteiger partial charge on any atom is 1.00 e. The van der Waals surface area contributed by atoms with Gasteiger partial charge in [-0.05, 0) is 19.1 Å². The maximum atomic E-state index is 12.7. The van der Waals surface area contributed by atoms with Gasteiger partial charge in [0.2, 0.25) is 0 Å². The number of thioether (sulfide) groups is 1. The van der Waals surface area contributed by atoms with Gasteiger partial charge >= 0.3 is 41.6 Å². The molecule has 37 heavy (non-hydrogen) atoms. The molecule has 0 atom stereocenters. The van der Waals surface area contributed by atoms with Crippen molar-refractivity contribution in [3.63, 3.8) is 0 Å². The largest absolute Gasteiger partial charge is 1.00 e. The van der Waals surface area contributed by atoms with Crippen molar-refractivity contribution in [2.24, 2.45) is 0 Å². The van der Waals surface area contributed by atoms with Gasteiger partial charge in [0.1, 0.15) is 9.89 Å². The second-order valence-electron chi connectivity index (χ2n) is 6.04. The average Bonchev–Trinajstić information content (AvgIpc) is 3.29. The van der Waals surface area contributed by atoms with E-state index >= 15 is 0 Å². The number of benzene rings is 1. The van der Waals surface area contributed by atoms with Crippen molar-refractivity contribution < 1.29 is 80.5 Å². The Bertz CT molecular complexity index is 1130. The monoisotopic (exact) mass is 586 g/mol. The number of anilines is 2. The van der Waals surface area contributed by atoms with Gasteiger partial charge in [-0.1, -0.05) is 42.2 Å². The number of carbonyl (C=O) groups excluding carboxylic acids is 4. The number of ether oxygens (including phenoxy) is 1. The number of hydrogen-bond donors (Lipinski definition) is 2. The molecular weight excluding hydrogens is 563 g/mol. The van der Waals surface area contributed by atoms with Gasteiger partial charge in [0.05, 0.1) is 29.7 Å².